The van der Waals surface area contributed by atoms with Crippen molar-refractivity contribution in [3.05, 3.63) is 101 Å². The Morgan fingerprint density at radius 1 is 0.810 bits per heavy atom. The fourth-order valence-corrected chi connectivity index (χ4v) is 4.78. The van der Waals surface area contributed by atoms with E-state index in [1.54, 1.807) is 13.1 Å². The van der Waals surface area contributed by atoms with Crippen LogP contribution in [0.15, 0.2) is 79.0 Å². The molecule has 1 unspecified atom stereocenters. The standard InChI is InChI=1S/C36H45NO5/c1-3-40-35(38)19-11-10-17-30(28-31-20-23-32(24-21-31)36(39)41-4-2)22-25-33-34(18-13-26-37-33)42-27-12-6-9-16-29-14-7-5-8-15-29/h5,7-8,13-15,18,20-26,30H,3-4,6,9-12,16-17,19,27-28H2,1-2H3/b25-22+. The molecule has 0 bridgehead atoms. The average molecular weight is 572 g/mol. The number of pyridine rings is 1. The van der Waals surface area contributed by atoms with Crippen LogP contribution in [0.3, 0.4) is 0 Å². The van der Waals surface area contributed by atoms with Gasteiger partial charge in [0, 0.05) is 12.6 Å². The van der Waals surface area contributed by atoms with Crippen molar-refractivity contribution in [1.82, 2.24) is 4.98 Å². The van der Waals surface area contributed by atoms with Crippen molar-refractivity contribution < 1.29 is 23.8 Å². The van der Waals surface area contributed by atoms with Crippen molar-refractivity contribution in [2.24, 2.45) is 5.92 Å². The lowest BCUT2D eigenvalue weighted by Crippen LogP contribution is -2.07. The lowest BCUT2D eigenvalue weighted by atomic mass is 9.92. The summed E-state index contributed by atoms with van der Waals surface area (Å²) in [5.74, 6) is 0.568. The summed E-state index contributed by atoms with van der Waals surface area (Å²) in [4.78, 5) is 28.4. The third kappa shape index (κ3) is 12.3. The lowest BCUT2D eigenvalue weighted by molar-refractivity contribution is -0.143. The molecule has 3 rings (SSSR count). The second-order valence-electron chi connectivity index (χ2n) is 10.3. The van der Waals surface area contributed by atoms with Crippen molar-refractivity contribution in [2.45, 2.75) is 71.6 Å². The number of unbranched alkanes of at least 4 members (excludes halogenated alkanes) is 3. The average Bonchev–Trinajstić information content (AvgIpc) is 3.01. The van der Waals surface area contributed by atoms with Gasteiger partial charge in [-0.25, -0.2) is 4.79 Å². The normalized spacial score (nSPS) is 11.8. The summed E-state index contributed by atoms with van der Waals surface area (Å²) >= 11 is 0. The van der Waals surface area contributed by atoms with Crippen molar-refractivity contribution in [1.29, 1.82) is 0 Å². The molecule has 0 aliphatic rings. The van der Waals surface area contributed by atoms with E-state index >= 15 is 0 Å². The lowest BCUT2D eigenvalue weighted by Gasteiger charge is -2.14. The molecule has 0 aliphatic carbocycles. The Bertz CT molecular complexity index is 1220. The van der Waals surface area contributed by atoms with Crippen LogP contribution in [0.2, 0.25) is 0 Å². The topological polar surface area (TPSA) is 74.7 Å². The molecule has 3 aromatic rings. The third-order valence-electron chi connectivity index (χ3n) is 7.01. The first kappa shape index (κ1) is 32.6. The molecule has 0 fully saturated rings. The number of esters is 2. The summed E-state index contributed by atoms with van der Waals surface area (Å²) in [5.41, 5.74) is 3.88. The summed E-state index contributed by atoms with van der Waals surface area (Å²) in [6, 6.07) is 22.1. The number of hydrogen-bond acceptors (Lipinski definition) is 6. The van der Waals surface area contributed by atoms with Gasteiger partial charge >= 0.3 is 11.9 Å². The van der Waals surface area contributed by atoms with Crippen LogP contribution in [-0.2, 0) is 27.1 Å². The Morgan fingerprint density at radius 2 is 1.60 bits per heavy atom. The van der Waals surface area contributed by atoms with Crippen LogP contribution in [0, 0.1) is 5.92 Å². The fourth-order valence-electron chi connectivity index (χ4n) is 4.78. The Labute approximate surface area is 251 Å². The molecule has 6 heteroatoms. The molecule has 1 atom stereocenters. The molecule has 224 valence electrons. The molecular formula is C36H45NO5. The van der Waals surface area contributed by atoms with E-state index in [1.807, 2.05) is 49.4 Å². The number of nitrogens with zero attached hydrogens (tertiary/aromatic N) is 1. The van der Waals surface area contributed by atoms with Crippen molar-refractivity contribution in [3.63, 3.8) is 0 Å². The van der Waals surface area contributed by atoms with Crippen molar-refractivity contribution in [3.8, 4) is 5.75 Å². The first-order valence-electron chi connectivity index (χ1n) is 15.3. The molecular weight excluding hydrogens is 526 g/mol. The number of rotatable bonds is 19. The van der Waals surface area contributed by atoms with Crippen LogP contribution < -0.4 is 4.74 Å². The highest BCUT2D eigenvalue weighted by molar-refractivity contribution is 5.89. The minimum atomic E-state index is -0.307. The maximum Gasteiger partial charge on any atom is 0.338 e. The highest BCUT2D eigenvalue weighted by Crippen LogP contribution is 2.23. The summed E-state index contributed by atoms with van der Waals surface area (Å²) in [6.07, 6.45) is 14.2. The first-order valence-corrected chi connectivity index (χ1v) is 15.3. The fraction of sp³-hybridized carbons (Fsp3) is 0.417. The van der Waals surface area contributed by atoms with Gasteiger partial charge in [-0.2, -0.15) is 0 Å². The summed E-state index contributed by atoms with van der Waals surface area (Å²) in [6.45, 7) is 5.05. The molecule has 1 heterocycles. The van der Waals surface area contributed by atoms with E-state index in [9.17, 15) is 9.59 Å². The summed E-state index contributed by atoms with van der Waals surface area (Å²) in [7, 11) is 0. The van der Waals surface area contributed by atoms with Crippen LogP contribution in [0.1, 0.15) is 86.0 Å². The zero-order valence-electron chi connectivity index (χ0n) is 25.1. The van der Waals surface area contributed by atoms with Gasteiger partial charge in [-0.05, 0) is 106 Å². The molecule has 6 nitrogen and oxygen atoms in total. The highest BCUT2D eigenvalue weighted by atomic mass is 16.5. The zero-order valence-corrected chi connectivity index (χ0v) is 25.1. The molecule has 0 saturated carbocycles. The molecule has 2 aromatic carbocycles. The number of benzene rings is 2. The van der Waals surface area contributed by atoms with E-state index < -0.39 is 0 Å². The Kier molecular flexibility index (Phi) is 14.9. The SMILES string of the molecule is CCOC(=O)CCCCC(/C=C/c1ncccc1OCCCCCc1ccccc1)Cc1ccc(C(=O)OCC)cc1. The number of aromatic nitrogens is 1. The quantitative estimate of drug-likeness (QED) is 0.107. The Balaban J connectivity index is 1.57. The molecule has 0 aliphatic heterocycles. The summed E-state index contributed by atoms with van der Waals surface area (Å²) in [5, 5.41) is 0. The van der Waals surface area contributed by atoms with Gasteiger partial charge in [0.2, 0.25) is 0 Å². The van der Waals surface area contributed by atoms with Crippen LogP contribution in [0.5, 0.6) is 5.75 Å². The van der Waals surface area contributed by atoms with Gasteiger partial charge in [0.05, 0.1) is 25.4 Å². The van der Waals surface area contributed by atoms with Crippen LogP contribution in [0.4, 0.5) is 0 Å². The summed E-state index contributed by atoms with van der Waals surface area (Å²) < 4.78 is 16.3. The van der Waals surface area contributed by atoms with E-state index in [-0.39, 0.29) is 17.9 Å². The minimum Gasteiger partial charge on any atom is -0.491 e. The van der Waals surface area contributed by atoms with Gasteiger partial charge in [0.25, 0.3) is 0 Å². The predicted octanol–water partition coefficient (Wildman–Crippen LogP) is 8.05. The molecule has 0 radical (unpaired) electrons. The number of allylic oxidation sites excluding steroid dienone is 1. The predicted molar refractivity (Wildman–Crippen MR) is 167 cm³/mol. The van der Waals surface area contributed by atoms with Gasteiger partial charge < -0.3 is 14.2 Å². The van der Waals surface area contributed by atoms with Gasteiger partial charge in [0.15, 0.2) is 0 Å². The monoisotopic (exact) mass is 571 g/mol. The van der Waals surface area contributed by atoms with Gasteiger partial charge in [0.1, 0.15) is 11.4 Å². The smallest absolute Gasteiger partial charge is 0.338 e. The Hall–Kier alpha value is -3.93. The molecule has 0 amide bonds. The maximum atomic E-state index is 12.0. The number of ether oxygens (including phenoxy) is 3. The molecule has 0 spiro atoms. The van der Waals surface area contributed by atoms with Crippen LogP contribution in [0.25, 0.3) is 6.08 Å². The van der Waals surface area contributed by atoms with Gasteiger partial charge in [-0.1, -0.05) is 55.0 Å². The second kappa shape index (κ2) is 19.2. The first-order chi connectivity index (χ1) is 20.6. The number of aryl methyl sites for hydroxylation is 1. The van der Waals surface area contributed by atoms with Gasteiger partial charge in [-0.3, -0.25) is 9.78 Å². The van der Waals surface area contributed by atoms with Gasteiger partial charge in [-0.15, -0.1) is 0 Å². The maximum absolute atomic E-state index is 12.0. The van der Waals surface area contributed by atoms with E-state index in [0.29, 0.717) is 31.8 Å². The van der Waals surface area contributed by atoms with E-state index in [1.165, 1.54) is 5.56 Å². The van der Waals surface area contributed by atoms with E-state index in [4.69, 9.17) is 14.2 Å². The molecule has 0 N–H and O–H groups in total. The van der Waals surface area contributed by atoms with E-state index in [0.717, 1.165) is 68.4 Å². The third-order valence-corrected chi connectivity index (χ3v) is 7.01. The number of carbonyl (C=O) groups excluding carboxylic acids is 2. The number of hydrogen-bond donors (Lipinski definition) is 0. The largest absolute Gasteiger partial charge is 0.491 e. The molecule has 0 saturated heterocycles. The van der Waals surface area contributed by atoms with E-state index in [2.05, 4.69) is 41.4 Å². The molecule has 1 aromatic heterocycles. The highest BCUT2D eigenvalue weighted by Gasteiger charge is 2.11. The Morgan fingerprint density at radius 3 is 2.36 bits per heavy atom. The zero-order chi connectivity index (χ0) is 29.8. The number of carbonyl (C=O) groups is 2. The van der Waals surface area contributed by atoms with Crippen molar-refractivity contribution in [2.75, 3.05) is 19.8 Å². The van der Waals surface area contributed by atoms with Crippen molar-refractivity contribution >= 4 is 18.0 Å². The second-order valence-corrected chi connectivity index (χ2v) is 10.3. The van der Waals surface area contributed by atoms with Crippen LogP contribution >= 0.6 is 0 Å². The van der Waals surface area contributed by atoms with Crippen LogP contribution in [-0.4, -0.2) is 36.7 Å². The minimum absolute atomic E-state index is 0.144. The molecule has 42 heavy (non-hydrogen) atoms.